The Hall–Kier alpha value is -3.13. The van der Waals surface area contributed by atoms with Crippen molar-refractivity contribution < 1.29 is 18.5 Å². The molecule has 0 atom stereocenters. The molecule has 0 unspecified atom stereocenters. The van der Waals surface area contributed by atoms with Crippen LogP contribution in [0.1, 0.15) is 16.1 Å². The number of hydrogen-bond donors (Lipinski definition) is 1. The summed E-state index contributed by atoms with van der Waals surface area (Å²) in [5, 5.41) is 7.15. The fourth-order valence-electron chi connectivity index (χ4n) is 2.69. The third kappa shape index (κ3) is 3.60. The number of amides is 1. The molecule has 0 bridgehead atoms. The molecule has 1 aliphatic heterocycles. The molecular weight excluding hydrogens is 336 g/mol. The van der Waals surface area contributed by atoms with Crippen LogP contribution in [0.25, 0.3) is 11.5 Å². The number of rotatable bonds is 5. The van der Waals surface area contributed by atoms with Crippen LogP contribution in [-0.2, 0) is 11.3 Å². The molecule has 3 aromatic rings. The van der Waals surface area contributed by atoms with Crippen molar-refractivity contribution in [3.8, 4) is 11.5 Å². The van der Waals surface area contributed by atoms with Crippen LogP contribution >= 0.6 is 0 Å². The molecule has 0 aromatic carbocycles. The van der Waals surface area contributed by atoms with Crippen molar-refractivity contribution in [3.05, 3.63) is 54.0 Å². The van der Waals surface area contributed by atoms with Crippen molar-refractivity contribution in [2.75, 3.05) is 31.6 Å². The zero-order valence-electron chi connectivity index (χ0n) is 14.1. The van der Waals surface area contributed by atoms with Crippen molar-refractivity contribution >= 4 is 11.7 Å². The molecule has 4 rings (SSSR count). The average molecular weight is 354 g/mol. The third-order valence-electron chi connectivity index (χ3n) is 4.08. The topological polar surface area (TPSA) is 93.6 Å². The Morgan fingerprint density at radius 1 is 1.19 bits per heavy atom. The fourth-order valence-corrected chi connectivity index (χ4v) is 2.69. The van der Waals surface area contributed by atoms with Crippen molar-refractivity contribution in [3.63, 3.8) is 0 Å². The molecule has 8 heteroatoms. The molecule has 1 N–H and O–H groups in total. The first-order chi connectivity index (χ1) is 12.8. The number of carbonyl (C=O) groups excluding carboxylic acids is 1. The summed E-state index contributed by atoms with van der Waals surface area (Å²) < 4.78 is 15.8. The minimum absolute atomic E-state index is 0.0214. The smallest absolute Gasteiger partial charge is 0.255 e. The van der Waals surface area contributed by atoms with Gasteiger partial charge in [0.1, 0.15) is 11.5 Å². The zero-order chi connectivity index (χ0) is 17.8. The lowest BCUT2D eigenvalue weighted by atomic mass is 10.2. The molecule has 26 heavy (non-hydrogen) atoms. The molecule has 1 amide bonds. The molecular formula is C18H18N4O4. The van der Waals surface area contributed by atoms with Crippen LogP contribution in [0.3, 0.4) is 0 Å². The van der Waals surface area contributed by atoms with Gasteiger partial charge in [0.15, 0.2) is 5.76 Å². The van der Waals surface area contributed by atoms with Gasteiger partial charge in [-0.05, 0) is 24.3 Å². The second-order valence-corrected chi connectivity index (χ2v) is 5.85. The first-order valence-electron chi connectivity index (χ1n) is 8.36. The number of furan rings is 1. The number of anilines is 1. The number of nitrogens with zero attached hydrogens (tertiary/aromatic N) is 3. The average Bonchev–Trinajstić information content (AvgIpc) is 3.38. The standard InChI is InChI=1S/C18H18N4O4/c23-18(22-5-8-24-9-6-22)13-3-4-17(19-11-13)20-12-14-10-16(26-21-14)15-2-1-7-25-15/h1-4,7,10-11H,5-6,8-9,12H2,(H,19,20). The van der Waals surface area contributed by atoms with Gasteiger partial charge in [-0.3, -0.25) is 4.79 Å². The molecule has 1 fully saturated rings. The fraction of sp³-hybridized carbons (Fsp3) is 0.278. The Labute approximate surface area is 149 Å². The highest BCUT2D eigenvalue weighted by Crippen LogP contribution is 2.21. The number of aromatic nitrogens is 2. The normalized spacial score (nSPS) is 14.4. The lowest BCUT2D eigenvalue weighted by molar-refractivity contribution is 0.0302. The maximum atomic E-state index is 12.4. The minimum Gasteiger partial charge on any atom is -0.461 e. The van der Waals surface area contributed by atoms with Gasteiger partial charge < -0.3 is 23.9 Å². The van der Waals surface area contributed by atoms with E-state index >= 15 is 0 Å². The lowest BCUT2D eigenvalue weighted by Gasteiger charge is -2.26. The van der Waals surface area contributed by atoms with Crippen LogP contribution < -0.4 is 5.32 Å². The number of ether oxygens (including phenoxy) is 1. The van der Waals surface area contributed by atoms with Crippen molar-refractivity contribution in [1.29, 1.82) is 0 Å². The summed E-state index contributed by atoms with van der Waals surface area (Å²) >= 11 is 0. The maximum absolute atomic E-state index is 12.4. The molecule has 0 saturated carbocycles. The van der Waals surface area contributed by atoms with Gasteiger partial charge in [-0.1, -0.05) is 5.16 Å². The van der Waals surface area contributed by atoms with Crippen LogP contribution in [-0.4, -0.2) is 47.3 Å². The number of carbonyl (C=O) groups is 1. The number of hydrogen-bond acceptors (Lipinski definition) is 7. The Kier molecular flexibility index (Phi) is 4.65. The van der Waals surface area contributed by atoms with E-state index in [1.807, 2.05) is 12.1 Å². The summed E-state index contributed by atoms with van der Waals surface area (Å²) in [5.74, 6) is 1.84. The Balaban J connectivity index is 1.35. The molecule has 0 radical (unpaired) electrons. The Bertz CT molecular complexity index is 852. The van der Waals surface area contributed by atoms with Gasteiger partial charge in [0, 0.05) is 25.4 Å². The van der Waals surface area contributed by atoms with Gasteiger partial charge in [0.25, 0.3) is 5.91 Å². The van der Waals surface area contributed by atoms with E-state index in [4.69, 9.17) is 13.7 Å². The van der Waals surface area contributed by atoms with E-state index in [0.717, 1.165) is 5.69 Å². The first-order valence-corrected chi connectivity index (χ1v) is 8.36. The van der Waals surface area contributed by atoms with E-state index in [1.165, 1.54) is 0 Å². The monoisotopic (exact) mass is 354 g/mol. The van der Waals surface area contributed by atoms with Crippen LogP contribution in [0.4, 0.5) is 5.82 Å². The summed E-state index contributed by atoms with van der Waals surface area (Å²) in [4.78, 5) is 18.5. The second kappa shape index (κ2) is 7.40. The van der Waals surface area contributed by atoms with Gasteiger partial charge in [-0.2, -0.15) is 0 Å². The maximum Gasteiger partial charge on any atom is 0.255 e. The molecule has 3 aromatic heterocycles. The Morgan fingerprint density at radius 3 is 2.81 bits per heavy atom. The molecule has 134 valence electrons. The van der Waals surface area contributed by atoms with Gasteiger partial charge in [0.2, 0.25) is 5.76 Å². The van der Waals surface area contributed by atoms with Crippen molar-refractivity contribution in [2.24, 2.45) is 0 Å². The summed E-state index contributed by atoms with van der Waals surface area (Å²) in [5.41, 5.74) is 1.30. The number of pyridine rings is 1. The van der Waals surface area contributed by atoms with E-state index in [-0.39, 0.29) is 5.91 Å². The summed E-state index contributed by atoms with van der Waals surface area (Å²) in [6.45, 7) is 2.84. The predicted octanol–water partition coefficient (Wildman–Crippen LogP) is 2.41. The molecule has 4 heterocycles. The van der Waals surface area contributed by atoms with Gasteiger partial charge in [-0.15, -0.1) is 0 Å². The van der Waals surface area contributed by atoms with Crippen LogP contribution in [0, 0.1) is 0 Å². The Morgan fingerprint density at radius 2 is 2.08 bits per heavy atom. The van der Waals surface area contributed by atoms with Crippen LogP contribution in [0.2, 0.25) is 0 Å². The lowest BCUT2D eigenvalue weighted by Crippen LogP contribution is -2.40. The SMILES string of the molecule is O=C(c1ccc(NCc2cc(-c3ccco3)on2)nc1)N1CCOCC1. The molecule has 8 nitrogen and oxygen atoms in total. The third-order valence-corrected chi connectivity index (χ3v) is 4.08. The highest BCUT2D eigenvalue weighted by molar-refractivity contribution is 5.94. The highest BCUT2D eigenvalue weighted by atomic mass is 16.5. The second-order valence-electron chi connectivity index (χ2n) is 5.85. The van der Waals surface area contributed by atoms with Crippen molar-refractivity contribution in [1.82, 2.24) is 15.0 Å². The highest BCUT2D eigenvalue weighted by Gasteiger charge is 2.18. The van der Waals surface area contributed by atoms with E-state index in [2.05, 4.69) is 15.5 Å². The number of morpholine rings is 1. The van der Waals surface area contributed by atoms with Gasteiger partial charge >= 0.3 is 0 Å². The summed E-state index contributed by atoms with van der Waals surface area (Å²) in [7, 11) is 0. The van der Waals surface area contributed by atoms with Crippen LogP contribution in [0.15, 0.2) is 51.7 Å². The number of nitrogens with one attached hydrogen (secondary N) is 1. The van der Waals surface area contributed by atoms with Crippen molar-refractivity contribution in [2.45, 2.75) is 6.54 Å². The minimum atomic E-state index is -0.0214. The predicted molar refractivity (Wildman–Crippen MR) is 92.5 cm³/mol. The molecule has 1 saturated heterocycles. The van der Waals surface area contributed by atoms with E-state index < -0.39 is 0 Å². The largest absolute Gasteiger partial charge is 0.461 e. The first kappa shape index (κ1) is 16.3. The van der Waals surface area contributed by atoms with Crippen LogP contribution in [0.5, 0.6) is 0 Å². The molecule has 0 aliphatic carbocycles. The molecule has 1 aliphatic rings. The van der Waals surface area contributed by atoms with Gasteiger partial charge in [-0.25, -0.2) is 4.98 Å². The summed E-state index contributed by atoms with van der Waals surface area (Å²) in [6.07, 6.45) is 3.16. The van der Waals surface area contributed by atoms with E-state index in [1.54, 1.807) is 35.6 Å². The molecule has 0 spiro atoms. The zero-order valence-corrected chi connectivity index (χ0v) is 14.1. The quantitative estimate of drug-likeness (QED) is 0.752. The van der Waals surface area contributed by atoms with E-state index in [0.29, 0.717) is 55.7 Å². The van der Waals surface area contributed by atoms with E-state index in [9.17, 15) is 4.79 Å². The van der Waals surface area contributed by atoms with Gasteiger partial charge in [0.05, 0.1) is 31.6 Å². The summed E-state index contributed by atoms with van der Waals surface area (Å²) in [6, 6.07) is 8.95.